The molecule has 1 fully saturated rings. The van der Waals surface area contributed by atoms with E-state index in [-0.39, 0.29) is 5.66 Å². The van der Waals surface area contributed by atoms with Crippen LogP contribution in [-0.2, 0) is 13.6 Å². The lowest BCUT2D eigenvalue weighted by Crippen LogP contribution is -2.17. The van der Waals surface area contributed by atoms with Gasteiger partial charge >= 0.3 is 7.60 Å². The van der Waals surface area contributed by atoms with Crippen LogP contribution in [0.5, 0.6) is 0 Å². The topological polar surface area (TPSA) is 35.5 Å². The van der Waals surface area contributed by atoms with Gasteiger partial charge in [0.15, 0.2) is 0 Å². The highest BCUT2D eigenvalue weighted by Crippen LogP contribution is 2.57. The minimum Gasteiger partial charge on any atom is -0.309 e. The number of hydrogen-bond acceptors (Lipinski definition) is 4. The second-order valence-corrected chi connectivity index (χ2v) is 9.31. The molecule has 0 aromatic heterocycles. The summed E-state index contributed by atoms with van der Waals surface area (Å²) in [6.07, 6.45) is 10.8. The van der Waals surface area contributed by atoms with E-state index in [9.17, 15) is 4.57 Å². The molecule has 3 nitrogen and oxygen atoms in total. The molecular formula is C16H33O3PS. The van der Waals surface area contributed by atoms with Crippen LogP contribution < -0.4 is 0 Å². The van der Waals surface area contributed by atoms with Crippen molar-refractivity contribution in [2.24, 2.45) is 0 Å². The summed E-state index contributed by atoms with van der Waals surface area (Å²) >= 11 is 1.91. The molecule has 126 valence electrons. The van der Waals surface area contributed by atoms with E-state index in [2.05, 4.69) is 6.92 Å². The number of rotatable bonds is 12. The molecule has 1 rings (SSSR count). The van der Waals surface area contributed by atoms with E-state index in [0.29, 0.717) is 13.2 Å². The summed E-state index contributed by atoms with van der Waals surface area (Å²) in [4.78, 5) is 0. The Morgan fingerprint density at radius 1 is 1.00 bits per heavy atom. The Labute approximate surface area is 135 Å². The first kappa shape index (κ1) is 19.5. The highest BCUT2D eigenvalue weighted by Gasteiger charge is 2.36. The van der Waals surface area contributed by atoms with Crippen molar-refractivity contribution in [3.8, 4) is 0 Å². The molecule has 1 unspecified atom stereocenters. The van der Waals surface area contributed by atoms with Gasteiger partial charge in [-0.15, -0.1) is 0 Å². The zero-order chi connectivity index (χ0) is 15.4. The molecule has 0 heterocycles. The summed E-state index contributed by atoms with van der Waals surface area (Å²) in [5.41, 5.74) is 0.140. The molecule has 0 saturated heterocycles. The molecule has 0 N–H and O–H groups in total. The van der Waals surface area contributed by atoms with E-state index in [1.807, 2.05) is 18.7 Å². The highest BCUT2D eigenvalue weighted by atomic mass is 32.2. The first-order valence-corrected chi connectivity index (χ1v) is 11.5. The van der Waals surface area contributed by atoms with Crippen LogP contribution in [0.15, 0.2) is 0 Å². The molecule has 21 heavy (non-hydrogen) atoms. The van der Waals surface area contributed by atoms with Crippen molar-refractivity contribution in [2.45, 2.75) is 77.3 Å². The molecule has 1 aliphatic carbocycles. The Bertz CT molecular complexity index is 293. The van der Waals surface area contributed by atoms with Crippen molar-refractivity contribution in [2.75, 3.05) is 24.7 Å². The third-order valence-corrected chi connectivity index (χ3v) is 7.58. The normalized spacial score (nSPS) is 19.5. The van der Waals surface area contributed by atoms with Crippen LogP contribution in [0.3, 0.4) is 0 Å². The van der Waals surface area contributed by atoms with Crippen molar-refractivity contribution < 1.29 is 13.6 Å². The predicted molar refractivity (Wildman–Crippen MR) is 93.5 cm³/mol. The zero-order valence-electron chi connectivity index (χ0n) is 13.8. The second kappa shape index (κ2) is 12.0. The van der Waals surface area contributed by atoms with Crippen molar-refractivity contribution >= 4 is 19.4 Å². The fraction of sp³-hybridized carbons (Fsp3) is 1.00. The van der Waals surface area contributed by atoms with Gasteiger partial charge in [-0.1, -0.05) is 45.4 Å². The van der Waals surface area contributed by atoms with Crippen LogP contribution in [0.2, 0.25) is 0 Å². The second-order valence-electron chi connectivity index (χ2n) is 5.76. The van der Waals surface area contributed by atoms with Crippen LogP contribution in [0.25, 0.3) is 0 Å². The fourth-order valence-electron chi connectivity index (χ4n) is 2.78. The van der Waals surface area contributed by atoms with E-state index < -0.39 is 7.60 Å². The van der Waals surface area contributed by atoms with Gasteiger partial charge in [-0.3, -0.25) is 4.57 Å². The number of unbranched alkanes of at least 4 members (excludes halogenated alkanes) is 3. The molecular weight excluding hydrogens is 303 g/mol. The Morgan fingerprint density at radius 2 is 1.76 bits per heavy atom. The van der Waals surface area contributed by atoms with Crippen LogP contribution in [0.4, 0.5) is 0 Å². The minimum atomic E-state index is -2.87. The minimum absolute atomic E-state index is 0.140. The van der Waals surface area contributed by atoms with E-state index in [0.717, 1.165) is 31.4 Å². The summed E-state index contributed by atoms with van der Waals surface area (Å²) in [7, 11) is -2.87. The average molecular weight is 336 g/mol. The number of hydrogen-bond donors (Lipinski definition) is 0. The van der Waals surface area contributed by atoms with Crippen molar-refractivity contribution in [3.63, 3.8) is 0 Å². The molecule has 0 spiro atoms. The first-order chi connectivity index (χ1) is 10.2. The Morgan fingerprint density at radius 3 is 2.43 bits per heavy atom. The van der Waals surface area contributed by atoms with Crippen LogP contribution in [-0.4, -0.2) is 30.4 Å². The van der Waals surface area contributed by atoms with Gasteiger partial charge < -0.3 is 9.05 Å². The van der Waals surface area contributed by atoms with Crippen molar-refractivity contribution in [1.82, 2.24) is 0 Å². The zero-order valence-corrected chi connectivity index (χ0v) is 15.6. The highest BCUT2D eigenvalue weighted by molar-refractivity contribution is 7.99. The average Bonchev–Trinajstić information content (AvgIpc) is 2.51. The largest absolute Gasteiger partial charge is 0.333 e. The summed E-state index contributed by atoms with van der Waals surface area (Å²) < 4.78 is 24.2. The Balaban J connectivity index is 2.19. The van der Waals surface area contributed by atoms with Gasteiger partial charge in [-0.05, 0) is 31.9 Å². The molecule has 5 heteroatoms. The quantitative estimate of drug-likeness (QED) is 0.329. The lowest BCUT2D eigenvalue weighted by Gasteiger charge is -2.29. The van der Waals surface area contributed by atoms with Gasteiger partial charge in [-0.25, -0.2) is 0 Å². The number of thioether (sulfide) groups is 1. The van der Waals surface area contributed by atoms with Crippen molar-refractivity contribution in [1.29, 1.82) is 0 Å². The lowest BCUT2D eigenvalue weighted by atomic mass is 10.0. The molecule has 0 bridgehead atoms. The van der Waals surface area contributed by atoms with Gasteiger partial charge in [-0.2, -0.15) is 11.8 Å². The van der Waals surface area contributed by atoms with Gasteiger partial charge in [0.2, 0.25) is 0 Å². The summed E-state index contributed by atoms with van der Waals surface area (Å²) in [5.74, 6) is 2.11. The Kier molecular flexibility index (Phi) is 11.2. The molecule has 0 aliphatic heterocycles. The Hall–Kier alpha value is 0.500. The maximum atomic E-state index is 12.9. The molecule has 0 aromatic carbocycles. The van der Waals surface area contributed by atoms with Crippen LogP contribution >= 0.6 is 19.4 Å². The molecule has 1 atom stereocenters. The molecule has 0 aromatic rings. The van der Waals surface area contributed by atoms with Crippen molar-refractivity contribution in [3.05, 3.63) is 0 Å². The van der Waals surface area contributed by atoms with Crippen LogP contribution in [0.1, 0.15) is 71.6 Å². The van der Waals surface area contributed by atoms with E-state index in [1.165, 1.54) is 37.9 Å². The molecule has 0 radical (unpaired) electrons. The fourth-order valence-corrected chi connectivity index (χ4v) is 5.92. The summed E-state index contributed by atoms with van der Waals surface area (Å²) in [6.45, 7) is 5.18. The van der Waals surface area contributed by atoms with Gasteiger partial charge in [0, 0.05) is 5.75 Å². The molecule has 1 aliphatic rings. The predicted octanol–water partition coefficient (Wildman–Crippen LogP) is 5.88. The van der Waals surface area contributed by atoms with Gasteiger partial charge in [0.25, 0.3) is 0 Å². The van der Waals surface area contributed by atoms with Crippen LogP contribution in [0, 0.1) is 0 Å². The van der Waals surface area contributed by atoms with E-state index in [1.54, 1.807) is 0 Å². The maximum absolute atomic E-state index is 12.9. The molecule has 1 saturated carbocycles. The maximum Gasteiger partial charge on any atom is 0.333 e. The lowest BCUT2D eigenvalue weighted by molar-refractivity contribution is 0.206. The third kappa shape index (κ3) is 8.06. The summed E-state index contributed by atoms with van der Waals surface area (Å²) in [5, 5.41) is 0. The SMILES string of the molecule is CCCCCCSCCOP(=O)(OCC)C1CCCCC1. The first-order valence-electron chi connectivity index (χ1n) is 8.69. The summed E-state index contributed by atoms with van der Waals surface area (Å²) in [6, 6.07) is 0. The van der Waals surface area contributed by atoms with Gasteiger partial charge in [0.1, 0.15) is 0 Å². The van der Waals surface area contributed by atoms with E-state index >= 15 is 0 Å². The standard InChI is InChI=1S/C16H33O3PS/c1-3-5-6-10-14-21-15-13-19-20(17,18-4-2)16-11-8-7-9-12-16/h16H,3-15H2,1-2H3. The monoisotopic (exact) mass is 336 g/mol. The van der Waals surface area contributed by atoms with E-state index in [4.69, 9.17) is 9.05 Å². The third-order valence-electron chi connectivity index (χ3n) is 3.97. The molecule has 0 amide bonds. The smallest absolute Gasteiger partial charge is 0.309 e. The van der Waals surface area contributed by atoms with Gasteiger partial charge in [0.05, 0.1) is 18.9 Å².